The zero-order valence-corrected chi connectivity index (χ0v) is 18.7. The Morgan fingerprint density at radius 3 is 2.50 bits per heavy atom. The molecule has 2 amide bonds. The number of morpholine rings is 1. The highest BCUT2D eigenvalue weighted by Crippen LogP contribution is 2.27. The lowest BCUT2D eigenvalue weighted by Crippen LogP contribution is -2.37. The van der Waals surface area contributed by atoms with E-state index in [9.17, 15) is 9.59 Å². The number of hydrogen-bond donors (Lipinski definition) is 2. The lowest BCUT2D eigenvalue weighted by atomic mass is 10.1. The number of rotatable bonds is 10. The molecule has 0 saturated carbocycles. The fourth-order valence-electron chi connectivity index (χ4n) is 3.31. The number of hydrogen-bond acceptors (Lipinski definition) is 6. The third-order valence-corrected chi connectivity index (χ3v) is 5.16. The van der Waals surface area contributed by atoms with Gasteiger partial charge < -0.3 is 24.8 Å². The molecule has 2 aromatic carbocycles. The van der Waals surface area contributed by atoms with Gasteiger partial charge in [0, 0.05) is 37.3 Å². The fraction of sp³-hybridized carbons (Fsp3) is 0.417. The molecule has 1 saturated heterocycles. The Morgan fingerprint density at radius 1 is 1.06 bits per heavy atom. The lowest BCUT2D eigenvalue weighted by Gasteiger charge is -2.26. The van der Waals surface area contributed by atoms with Crippen LogP contribution in [0.15, 0.2) is 42.5 Å². The normalized spacial score (nSPS) is 13.9. The first-order chi connectivity index (χ1) is 15.6. The van der Waals surface area contributed by atoms with Crippen LogP contribution in [0, 0.1) is 0 Å². The van der Waals surface area contributed by atoms with Gasteiger partial charge in [0.05, 0.1) is 32.6 Å². The van der Waals surface area contributed by atoms with Crippen LogP contribution < -0.4 is 20.1 Å². The van der Waals surface area contributed by atoms with E-state index in [-0.39, 0.29) is 11.8 Å². The second kappa shape index (κ2) is 12.1. The standard InChI is InChI=1S/C24H31N3O5/c1-3-23(28)26-21-17-18(24(29)25-19-6-8-20(30-2)9-7-19)5-10-22(21)32-14-4-11-27-12-15-31-16-13-27/h5-10,17H,3-4,11-16H2,1-2H3,(H,25,29)(H,26,28). The van der Waals surface area contributed by atoms with Crippen molar-refractivity contribution < 1.29 is 23.8 Å². The van der Waals surface area contributed by atoms with Gasteiger partial charge in [0.1, 0.15) is 11.5 Å². The summed E-state index contributed by atoms with van der Waals surface area (Å²) >= 11 is 0. The van der Waals surface area contributed by atoms with Crippen molar-refractivity contribution in [3.05, 3.63) is 48.0 Å². The summed E-state index contributed by atoms with van der Waals surface area (Å²) in [4.78, 5) is 27.1. The van der Waals surface area contributed by atoms with E-state index >= 15 is 0 Å². The van der Waals surface area contributed by atoms with Crippen molar-refractivity contribution in [1.82, 2.24) is 4.90 Å². The number of amides is 2. The van der Waals surface area contributed by atoms with E-state index < -0.39 is 0 Å². The summed E-state index contributed by atoms with van der Waals surface area (Å²) in [5, 5.41) is 5.69. The molecule has 0 radical (unpaired) electrons. The number of methoxy groups -OCH3 is 1. The first-order valence-electron chi connectivity index (χ1n) is 10.9. The second-order valence-electron chi connectivity index (χ2n) is 7.45. The van der Waals surface area contributed by atoms with Crippen LogP contribution >= 0.6 is 0 Å². The minimum Gasteiger partial charge on any atom is -0.497 e. The van der Waals surface area contributed by atoms with Crippen molar-refractivity contribution in [2.75, 3.05) is 57.2 Å². The predicted octanol–water partition coefficient (Wildman–Crippen LogP) is 3.40. The third-order valence-electron chi connectivity index (χ3n) is 5.16. The monoisotopic (exact) mass is 441 g/mol. The van der Waals surface area contributed by atoms with E-state index in [1.54, 1.807) is 56.5 Å². The van der Waals surface area contributed by atoms with Crippen LogP contribution in [0.5, 0.6) is 11.5 Å². The molecule has 0 bridgehead atoms. The van der Waals surface area contributed by atoms with E-state index in [0.717, 1.165) is 39.3 Å². The number of benzene rings is 2. The van der Waals surface area contributed by atoms with Gasteiger partial charge in [-0.1, -0.05) is 6.92 Å². The fourth-order valence-corrected chi connectivity index (χ4v) is 3.31. The number of anilines is 2. The topological polar surface area (TPSA) is 89.1 Å². The molecule has 3 rings (SSSR count). The van der Waals surface area contributed by atoms with Crippen molar-refractivity contribution in [2.45, 2.75) is 19.8 Å². The molecule has 2 N–H and O–H groups in total. The molecule has 1 aliphatic heterocycles. The summed E-state index contributed by atoms with van der Waals surface area (Å²) in [6.45, 7) is 6.65. The highest BCUT2D eigenvalue weighted by Gasteiger charge is 2.14. The van der Waals surface area contributed by atoms with Gasteiger partial charge in [0.25, 0.3) is 5.91 Å². The lowest BCUT2D eigenvalue weighted by molar-refractivity contribution is -0.115. The molecule has 0 aliphatic carbocycles. The van der Waals surface area contributed by atoms with Gasteiger partial charge in [-0.2, -0.15) is 0 Å². The van der Waals surface area contributed by atoms with Gasteiger partial charge >= 0.3 is 0 Å². The van der Waals surface area contributed by atoms with Crippen LogP contribution in [-0.2, 0) is 9.53 Å². The van der Waals surface area contributed by atoms with Gasteiger partial charge in [0.2, 0.25) is 5.91 Å². The molecule has 8 heteroatoms. The van der Waals surface area contributed by atoms with Crippen LogP contribution in [0.25, 0.3) is 0 Å². The molecule has 2 aromatic rings. The number of carbonyl (C=O) groups is 2. The van der Waals surface area contributed by atoms with E-state index in [4.69, 9.17) is 14.2 Å². The molecular formula is C24H31N3O5. The van der Waals surface area contributed by atoms with Crippen LogP contribution in [0.3, 0.4) is 0 Å². The summed E-state index contributed by atoms with van der Waals surface area (Å²) in [6.07, 6.45) is 1.19. The summed E-state index contributed by atoms with van der Waals surface area (Å²) in [6, 6.07) is 12.1. The number of nitrogens with one attached hydrogen (secondary N) is 2. The Balaban J connectivity index is 1.63. The van der Waals surface area contributed by atoms with E-state index in [0.29, 0.717) is 41.5 Å². The summed E-state index contributed by atoms with van der Waals surface area (Å²) in [5.74, 6) is 0.842. The average Bonchev–Trinajstić information content (AvgIpc) is 2.83. The molecule has 0 spiro atoms. The van der Waals surface area contributed by atoms with E-state index in [1.165, 1.54) is 0 Å². The molecule has 8 nitrogen and oxygen atoms in total. The Labute approximate surface area is 188 Å². The molecule has 1 aliphatic rings. The van der Waals surface area contributed by atoms with Crippen molar-refractivity contribution in [2.24, 2.45) is 0 Å². The van der Waals surface area contributed by atoms with Crippen molar-refractivity contribution >= 4 is 23.2 Å². The Hall–Kier alpha value is -3.10. The van der Waals surface area contributed by atoms with Gasteiger partial charge in [-0.15, -0.1) is 0 Å². The third kappa shape index (κ3) is 6.96. The molecular weight excluding hydrogens is 410 g/mol. The molecule has 1 fully saturated rings. The average molecular weight is 442 g/mol. The zero-order valence-electron chi connectivity index (χ0n) is 18.7. The summed E-state index contributed by atoms with van der Waals surface area (Å²) in [7, 11) is 1.59. The molecule has 0 unspecified atom stereocenters. The quantitative estimate of drug-likeness (QED) is 0.550. The largest absolute Gasteiger partial charge is 0.497 e. The Kier molecular flexibility index (Phi) is 8.89. The maximum absolute atomic E-state index is 12.7. The second-order valence-corrected chi connectivity index (χ2v) is 7.45. The van der Waals surface area contributed by atoms with Gasteiger partial charge in [0.15, 0.2) is 0 Å². The minimum absolute atomic E-state index is 0.143. The number of nitrogens with zero attached hydrogens (tertiary/aromatic N) is 1. The number of ether oxygens (including phenoxy) is 3. The van der Waals surface area contributed by atoms with Crippen LogP contribution in [-0.4, -0.2) is 63.3 Å². The molecule has 32 heavy (non-hydrogen) atoms. The first-order valence-corrected chi connectivity index (χ1v) is 10.9. The smallest absolute Gasteiger partial charge is 0.255 e. The van der Waals surface area contributed by atoms with Crippen LogP contribution in [0.1, 0.15) is 30.1 Å². The molecule has 0 atom stereocenters. The molecule has 0 aromatic heterocycles. The minimum atomic E-state index is -0.277. The number of carbonyl (C=O) groups excluding carboxylic acids is 2. The van der Waals surface area contributed by atoms with E-state index in [2.05, 4.69) is 15.5 Å². The van der Waals surface area contributed by atoms with Crippen molar-refractivity contribution in [1.29, 1.82) is 0 Å². The highest BCUT2D eigenvalue weighted by molar-refractivity contribution is 6.05. The SMILES string of the molecule is CCC(=O)Nc1cc(C(=O)Nc2ccc(OC)cc2)ccc1OCCCN1CCOCC1. The van der Waals surface area contributed by atoms with Crippen molar-refractivity contribution in [3.8, 4) is 11.5 Å². The maximum atomic E-state index is 12.7. The first kappa shape index (κ1) is 23.6. The van der Waals surface area contributed by atoms with Crippen LogP contribution in [0.2, 0.25) is 0 Å². The Morgan fingerprint density at radius 2 is 1.81 bits per heavy atom. The van der Waals surface area contributed by atoms with Crippen LogP contribution in [0.4, 0.5) is 11.4 Å². The predicted molar refractivity (Wildman–Crippen MR) is 124 cm³/mol. The van der Waals surface area contributed by atoms with E-state index in [1.807, 2.05) is 0 Å². The Bertz CT molecular complexity index is 895. The highest BCUT2D eigenvalue weighted by atomic mass is 16.5. The summed E-state index contributed by atoms with van der Waals surface area (Å²) < 4.78 is 16.4. The molecule has 1 heterocycles. The maximum Gasteiger partial charge on any atom is 0.255 e. The van der Waals surface area contributed by atoms with Gasteiger partial charge in [-0.05, 0) is 48.9 Å². The van der Waals surface area contributed by atoms with Crippen molar-refractivity contribution in [3.63, 3.8) is 0 Å². The van der Waals surface area contributed by atoms with Gasteiger partial charge in [-0.25, -0.2) is 0 Å². The summed E-state index contributed by atoms with van der Waals surface area (Å²) in [5.41, 5.74) is 1.57. The van der Waals surface area contributed by atoms with Gasteiger partial charge in [-0.3, -0.25) is 14.5 Å². The zero-order chi connectivity index (χ0) is 22.8. The molecule has 172 valence electrons.